The first-order valence-corrected chi connectivity index (χ1v) is 21.8. The summed E-state index contributed by atoms with van der Waals surface area (Å²) < 4.78 is 0.662. The number of allylic oxidation sites excluding steroid dienone is 2. The summed E-state index contributed by atoms with van der Waals surface area (Å²) in [5.74, 6) is 0. The normalized spacial score (nSPS) is 20.8. The third-order valence-corrected chi connectivity index (χ3v) is 20.2. The zero-order valence-electron chi connectivity index (χ0n) is 15.5. The van der Waals surface area contributed by atoms with Crippen LogP contribution in [0.2, 0.25) is 83.2 Å². The maximum Gasteiger partial charge on any atom is 0.0722 e. The fourth-order valence-corrected chi connectivity index (χ4v) is 33.3. The van der Waals surface area contributed by atoms with E-state index < -0.39 is 32.3 Å². The summed E-state index contributed by atoms with van der Waals surface area (Å²) in [6.07, 6.45) is 0. The Morgan fingerprint density at radius 2 is 0.684 bits per heavy atom. The molecule has 0 aromatic heterocycles. The van der Waals surface area contributed by atoms with E-state index in [-0.39, 0.29) is 0 Å². The molecule has 0 heterocycles. The van der Waals surface area contributed by atoms with E-state index in [9.17, 15) is 0 Å². The molecule has 4 heteroatoms. The minimum absolute atomic E-state index is 0.662. The molecule has 0 fully saturated rings. The fraction of sp³-hybridized carbons (Fsp3) is 0.867. The Morgan fingerprint density at radius 1 is 0.474 bits per heavy atom. The Bertz CT molecular complexity index is 365. The SMILES string of the molecule is C[Si](C)(C)C1=C([Si](C)(C)C)C1([Si](C)(C)C)[Si](C)(C)C. The predicted molar refractivity (Wildman–Crippen MR) is 103 cm³/mol. The van der Waals surface area contributed by atoms with E-state index in [2.05, 4.69) is 78.6 Å². The average molecular weight is 329 g/mol. The molecule has 0 unspecified atom stereocenters. The first-order chi connectivity index (χ1) is 7.99. The standard InChI is InChI=1S/C15H36Si4/c1-16(2,3)13-14(17(4,5)6)15(13,18(7,8)9)19(10,11)12/h1-12H3. The predicted octanol–water partition coefficient (Wildman–Crippen LogP) is 6.01. The van der Waals surface area contributed by atoms with Gasteiger partial charge in [0.1, 0.15) is 0 Å². The molecule has 1 aliphatic carbocycles. The second kappa shape index (κ2) is 4.30. The zero-order chi connectivity index (χ0) is 15.7. The highest BCUT2D eigenvalue weighted by molar-refractivity contribution is 7.11. The maximum atomic E-state index is 2.64. The fourth-order valence-electron chi connectivity index (χ4n) is 4.78. The van der Waals surface area contributed by atoms with E-state index in [1.165, 1.54) is 0 Å². The lowest BCUT2D eigenvalue weighted by molar-refractivity contribution is 1.18. The van der Waals surface area contributed by atoms with Gasteiger partial charge in [-0.05, 0) is 4.66 Å². The number of hydrogen-bond acceptors (Lipinski definition) is 0. The van der Waals surface area contributed by atoms with Crippen LogP contribution in [-0.4, -0.2) is 32.3 Å². The van der Waals surface area contributed by atoms with Crippen LogP contribution in [0.1, 0.15) is 0 Å². The van der Waals surface area contributed by atoms with Crippen molar-refractivity contribution in [3.8, 4) is 0 Å². The van der Waals surface area contributed by atoms with Gasteiger partial charge in [-0.15, -0.1) is 0 Å². The molecule has 0 spiro atoms. The van der Waals surface area contributed by atoms with E-state index in [1.54, 1.807) is 0 Å². The van der Waals surface area contributed by atoms with Gasteiger partial charge in [-0.25, -0.2) is 0 Å². The van der Waals surface area contributed by atoms with Gasteiger partial charge in [0.05, 0.1) is 32.3 Å². The molecule has 1 aliphatic rings. The first kappa shape index (κ1) is 17.7. The lowest BCUT2D eigenvalue weighted by atomic mass is 10.8. The van der Waals surface area contributed by atoms with Crippen LogP contribution in [0, 0.1) is 0 Å². The minimum atomic E-state index is -1.20. The van der Waals surface area contributed by atoms with Crippen LogP contribution >= 0.6 is 0 Å². The quantitative estimate of drug-likeness (QED) is 0.554. The van der Waals surface area contributed by atoms with Crippen LogP contribution in [0.3, 0.4) is 0 Å². The summed E-state index contributed by atoms with van der Waals surface area (Å²) in [4.78, 5) is 0. The van der Waals surface area contributed by atoms with Gasteiger partial charge in [-0.2, -0.15) is 0 Å². The average Bonchev–Trinajstić information content (AvgIpc) is 2.66. The minimum Gasteiger partial charge on any atom is -0.0809 e. The van der Waals surface area contributed by atoms with Crippen molar-refractivity contribution in [1.82, 2.24) is 0 Å². The summed E-state index contributed by atoms with van der Waals surface area (Å²) >= 11 is 0. The summed E-state index contributed by atoms with van der Waals surface area (Å²) in [6, 6.07) is 0. The van der Waals surface area contributed by atoms with Crippen molar-refractivity contribution in [3.05, 3.63) is 10.4 Å². The monoisotopic (exact) mass is 328 g/mol. The topological polar surface area (TPSA) is 0 Å². The van der Waals surface area contributed by atoms with Crippen LogP contribution in [0.5, 0.6) is 0 Å². The van der Waals surface area contributed by atoms with Crippen molar-refractivity contribution in [2.75, 3.05) is 0 Å². The molecule has 0 saturated heterocycles. The third-order valence-electron chi connectivity index (χ3n) is 4.69. The molecule has 19 heavy (non-hydrogen) atoms. The highest BCUT2D eigenvalue weighted by Crippen LogP contribution is 2.74. The van der Waals surface area contributed by atoms with Gasteiger partial charge in [0, 0.05) is 0 Å². The van der Waals surface area contributed by atoms with E-state index in [4.69, 9.17) is 0 Å². The van der Waals surface area contributed by atoms with Crippen LogP contribution in [0.15, 0.2) is 10.4 Å². The van der Waals surface area contributed by atoms with Gasteiger partial charge in [0.2, 0.25) is 0 Å². The van der Waals surface area contributed by atoms with Crippen molar-refractivity contribution in [1.29, 1.82) is 0 Å². The zero-order valence-corrected chi connectivity index (χ0v) is 19.5. The lowest BCUT2D eigenvalue weighted by Crippen LogP contribution is -2.52. The van der Waals surface area contributed by atoms with Crippen molar-refractivity contribution < 1.29 is 0 Å². The van der Waals surface area contributed by atoms with E-state index in [0.29, 0.717) is 4.66 Å². The molecule has 0 aromatic rings. The second-order valence-corrected chi connectivity index (χ2v) is 31.5. The highest BCUT2D eigenvalue weighted by atomic mass is 28.4. The molecule has 0 N–H and O–H groups in total. The molecule has 0 nitrogen and oxygen atoms in total. The van der Waals surface area contributed by atoms with Gasteiger partial charge in [-0.3, -0.25) is 0 Å². The van der Waals surface area contributed by atoms with E-state index >= 15 is 0 Å². The molecule has 1 rings (SSSR count). The van der Waals surface area contributed by atoms with Crippen molar-refractivity contribution in [2.24, 2.45) is 0 Å². The van der Waals surface area contributed by atoms with Gasteiger partial charge < -0.3 is 0 Å². The summed E-state index contributed by atoms with van der Waals surface area (Å²) in [6.45, 7) is 31.4. The smallest absolute Gasteiger partial charge is 0.0722 e. The molecule has 0 atom stereocenters. The molecule has 0 aromatic carbocycles. The summed E-state index contributed by atoms with van der Waals surface area (Å²) in [7, 11) is -4.73. The van der Waals surface area contributed by atoms with Gasteiger partial charge >= 0.3 is 0 Å². The number of hydrogen-bond donors (Lipinski definition) is 0. The summed E-state index contributed by atoms with van der Waals surface area (Å²) in [5.41, 5.74) is 0. The van der Waals surface area contributed by atoms with Crippen LogP contribution in [0.25, 0.3) is 0 Å². The van der Waals surface area contributed by atoms with Crippen molar-refractivity contribution in [2.45, 2.75) is 83.2 Å². The summed E-state index contributed by atoms with van der Waals surface area (Å²) in [5, 5.41) is 4.08. The molecule has 0 bridgehead atoms. The van der Waals surface area contributed by atoms with Crippen LogP contribution in [-0.2, 0) is 0 Å². The van der Waals surface area contributed by atoms with E-state index in [0.717, 1.165) is 0 Å². The lowest BCUT2D eigenvalue weighted by Gasteiger charge is -2.46. The molecular weight excluding hydrogens is 293 g/mol. The molecule has 0 amide bonds. The molecule has 0 aliphatic heterocycles. The highest BCUT2D eigenvalue weighted by Gasteiger charge is 2.70. The van der Waals surface area contributed by atoms with Gasteiger partial charge in [-0.1, -0.05) is 89.0 Å². The molecule has 112 valence electrons. The molecule has 0 saturated carbocycles. The molecular formula is C15H36Si4. The Balaban J connectivity index is 3.58. The Kier molecular flexibility index (Phi) is 4.00. The first-order valence-electron chi connectivity index (χ1n) is 7.75. The van der Waals surface area contributed by atoms with Gasteiger partial charge in [0.25, 0.3) is 0 Å². The van der Waals surface area contributed by atoms with Crippen LogP contribution < -0.4 is 0 Å². The third kappa shape index (κ3) is 2.58. The molecule has 0 radical (unpaired) electrons. The van der Waals surface area contributed by atoms with E-state index in [1.807, 2.05) is 10.4 Å². The Morgan fingerprint density at radius 3 is 0.737 bits per heavy atom. The Labute approximate surface area is 126 Å². The van der Waals surface area contributed by atoms with Crippen molar-refractivity contribution in [3.63, 3.8) is 0 Å². The number of rotatable bonds is 4. The van der Waals surface area contributed by atoms with Crippen LogP contribution in [0.4, 0.5) is 0 Å². The van der Waals surface area contributed by atoms with Gasteiger partial charge in [0.15, 0.2) is 0 Å². The second-order valence-electron chi connectivity index (χ2n) is 10.5. The largest absolute Gasteiger partial charge is 0.0809 e. The maximum absolute atomic E-state index is 2.64. The van der Waals surface area contributed by atoms with Crippen molar-refractivity contribution >= 4 is 32.3 Å². The Hall–Kier alpha value is 0.608.